The van der Waals surface area contributed by atoms with Crippen LogP contribution < -0.4 is 15.8 Å². The summed E-state index contributed by atoms with van der Waals surface area (Å²) in [6.07, 6.45) is 0.749. The van der Waals surface area contributed by atoms with Gasteiger partial charge in [0.05, 0.1) is 12.2 Å². The molecule has 0 bridgehead atoms. The first-order chi connectivity index (χ1) is 9.65. The molecule has 1 unspecified atom stereocenters. The van der Waals surface area contributed by atoms with Gasteiger partial charge in [0.2, 0.25) is 0 Å². The predicted octanol–water partition coefficient (Wildman–Crippen LogP) is 1.99. The second kappa shape index (κ2) is 11.4. The van der Waals surface area contributed by atoms with Gasteiger partial charge < -0.3 is 20.5 Å². The van der Waals surface area contributed by atoms with Crippen molar-refractivity contribution in [2.24, 2.45) is 5.73 Å². The third-order valence-corrected chi connectivity index (χ3v) is 2.71. The number of benzene rings is 1. The lowest BCUT2D eigenvalue weighted by atomic mass is 10.2. The number of nitrogens with one attached hydrogen (secondary N) is 1. The van der Waals surface area contributed by atoms with Gasteiger partial charge in [-0.1, -0.05) is 12.1 Å². The number of nitrogens with two attached hydrogens (primary N) is 1. The average molecular weight is 317 g/mol. The second-order valence-corrected chi connectivity index (χ2v) is 4.56. The van der Waals surface area contributed by atoms with Crippen molar-refractivity contribution in [1.29, 1.82) is 0 Å². The van der Waals surface area contributed by atoms with Crippen LogP contribution in [0, 0.1) is 0 Å². The van der Waals surface area contributed by atoms with Crippen molar-refractivity contribution in [2.45, 2.75) is 26.3 Å². The molecule has 0 radical (unpaired) electrons. The zero-order valence-electron chi connectivity index (χ0n) is 12.6. The van der Waals surface area contributed by atoms with Crippen molar-refractivity contribution in [3.8, 4) is 5.75 Å². The summed E-state index contributed by atoms with van der Waals surface area (Å²) in [7, 11) is 0. The number of rotatable bonds is 9. The molecule has 1 amide bonds. The van der Waals surface area contributed by atoms with E-state index in [0.717, 1.165) is 6.42 Å². The minimum absolute atomic E-state index is 0. The van der Waals surface area contributed by atoms with Crippen molar-refractivity contribution in [1.82, 2.24) is 5.32 Å². The number of amides is 1. The van der Waals surface area contributed by atoms with Crippen LogP contribution in [0.2, 0.25) is 0 Å². The maximum atomic E-state index is 12.1. The van der Waals surface area contributed by atoms with E-state index in [1.165, 1.54) is 0 Å². The molecule has 0 aromatic heterocycles. The monoisotopic (exact) mass is 316 g/mol. The van der Waals surface area contributed by atoms with E-state index >= 15 is 0 Å². The number of ether oxygens (including phenoxy) is 2. The van der Waals surface area contributed by atoms with Gasteiger partial charge in [0.1, 0.15) is 12.4 Å². The van der Waals surface area contributed by atoms with E-state index in [-0.39, 0.29) is 24.4 Å². The van der Waals surface area contributed by atoms with Crippen molar-refractivity contribution < 1.29 is 14.3 Å². The summed E-state index contributed by atoms with van der Waals surface area (Å²) in [5.41, 5.74) is 6.19. The van der Waals surface area contributed by atoms with E-state index in [0.29, 0.717) is 37.7 Å². The Morgan fingerprint density at radius 3 is 2.71 bits per heavy atom. The van der Waals surface area contributed by atoms with E-state index in [4.69, 9.17) is 15.2 Å². The van der Waals surface area contributed by atoms with Gasteiger partial charge in [-0.2, -0.15) is 0 Å². The second-order valence-electron chi connectivity index (χ2n) is 4.56. The fraction of sp³-hybridized carbons (Fsp3) is 0.533. The standard InChI is InChI=1S/C15H24N2O3.ClH/c1-3-19-10-11-20-14-7-5-4-6-13(14)15(18)17-9-8-12(2)16;/h4-7,12H,3,8-11,16H2,1-2H3,(H,17,18);1H. The van der Waals surface area contributed by atoms with Gasteiger partial charge in [-0.15, -0.1) is 12.4 Å². The zero-order chi connectivity index (χ0) is 14.8. The Bertz CT molecular complexity index is 414. The number of para-hydroxylation sites is 1. The van der Waals surface area contributed by atoms with E-state index in [1.807, 2.05) is 26.0 Å². The molecule has 0 aliphatic heterocycles. The highest BCUT2D eigenvalue weighted by Gasteiger charge is 2.11. The van der Waals surface area contributed by atoms with Gasteiger partial charge >= 0.3 is 0 Å². The lowest BCUT2D eigenvalue weighted by molar-refractivity contribution is 0.0935. The van der Waals surface area contributed by atoms with Gasteiger partial charge in [-0.05, 0) is 32.4 Å². The number of hydrogen-bond donors (Lipinski definition) is 2. The molecule has 21 heavy (non-hydrogen) atoms. The zero-order valence-corrected chi connectivity index (χ0v) is 13.4. The Hall–Kier alpha value is -1.30. The molecule has 3 N–H and O–H groups in total. The first-order valence-corrected chi connectivity index (χ1v) is 6.98. The first kappa shape index (κ1) is 19.7. The molecule has 0 aliphatic rings. The maximum Gasteiger partial charge on any atom is 0.255 e. The van der Waals surface area contributed by atoms with Gasteiger partial charge in [0, 0.05) is 19.2 Å². The minimum Gasteiger partial charge on any atom is -0.490 e. The quantitative estimate of drug-likeness (QED) is 0.683. The van der Waals surface area contributed by atoms with Crippen LogP contribution in [0.4, 0.5) is 0 Å². The maximum absolute atomic E-state index is 12.1. The molecule has 6 heteroatoms. The van der Waals surface area contributed by atoms with Crippen molar-refractivity contribution in [3.05, 3.63) is 29.8 Å². The highest BCUT2D eigenvalue weighted by atomic mass is 35.5. The minimum atomic E-state index is -0.141. The Morgan fingerprint density at radius 1 is 1.33 bits per heavy atom. The smallest absolute Gasteiger partial charge is 0.255 e. The molecule has 0 saturated carbocycles. The lowest BCUT2D eigenvalue weighted by Gasteiger charge is -2.12. The van der Waals surface area contributed by atoms with E-state index in [2.05, 4.69) is 5.32 Å². The van der Waals surface area contributed by atoms with Crippen LogP contribution in [-0.2, 0) is 4.74 Å². The van der Waals surface area contributed by atoms with E-state index in [1.54, 1.807) is 12.1 Å². The molecule has 1 rings (SSSR count). The number of hydrogen-bond acceptors (Lipinski definition) is 4. The highest BCUT2D eigenvalue weighted by Crippen LogP contribution is 2.17. The molecule has 0 fully saturated rings. The van der Waals surface area contributed by atoms with Crippen LogP contribution in [0.3, 0.4) is 0 Å². The molecule has 1 aromatic rings. The topological polar surface area (TPSA) is 73.6 Å². The molecule has 0 heterocycles. The number of halogens is 1. The fourth-order valence-electron chi connectivity index (χ4n) is 1.64. The van der Waals surface area contributed by atoms with Gasteiger partial charge in [0.25, 0.3) is 5.91 Å². The van der Waals surface area contributed by atoms with Gasteiger partial charge in [-0.25, -0.2) is 0 Å². The Kier molecular flexibility index (Phi) is 10.7. The average Bonchev–Trinajstić information content (AvgIpc) is 2.43. The van der Waals surface area contributed by atoms with Crippen LogP contribution in [0.1, 0.15) is 30.6 Å². The highest BCUT2D eigenvalue weighted by molar-refractivity contribution is 5.96. The van der Waals surface area contributed by atoms with Crippen molar-refractivity contribution in [2.75, 3.05) is 26.4 Å². The summed E-state index contributed by atoms with van der Waals surface area (Å²) in [4.78, 5) is 12.1. The normalized spacial score (nSPS) is 11.4. The summed E-state index contributed by atoms with van der Waals surface area (Å²) in [5.74, 6) is 0.433. The Morgan fingerprint density at radius 2 is 2.05 bits per heavy atom. The van der Waals surface area contributed by atoms with E-state index < -0.39 is 0 Å². The third kappa shape index (κ3) is 7.90. The summed E-state index contributed by atoms with van der Waals surface area (Å²) in [6, 6.07) is 7.27. The lowest BCUT2D eigenvalue weighted by Crippen LogP contribution is -2.29. The molecule has 0 spiro atoms. The van der Waals surface area contributed by atoms with Crippen LogP contribution in [0.25, 0.3) is 0 Å². The molecular formula is C15H25ClN2O3. The third-order valence-electron chi connectivity index (χ3n) is 2.71. The molecule has 5 nitrogen and oxygen atoms in total. The van der Waals surface area contributed by atoms with Crippen molar-refractivity contribution >= 4 is 18.3 Å². The molecule has 1 atom stereocenters. The molecule has 0 saturated heterocycles. The largest absolute Gasteiger partial charge is 0.490 e. The van der Waals surface area contributed by atoms with Crippen LogP contribution in [0.5, 0.6) is 5.75 Å². The summed E-state index contributed by atoms with van der Waals surface area (Å²) < 4.78 is 10.8. The number of carbonyl (C=O) groups is 1. The van der Waals surface area contributed by atoms with Crippen LogP contribution >= 0.6 is 12.4 Å². The number of carbonyl (C=O) groups excluding carboxylic acids is 1. The molecule has 0 aliphatic carbocycles. The Labute approximate surface area is 132 Å². The summed E-state index contributed by atoms with van der Waals surface area (Å²) in [5, 5.41) is 2.84. The van der Waals surface area contributed by atoms with Crippen molar-refractivity contribution in [3.63, 3.8) is 0 Å². The van der Waals surface area contributed by atoms with Crippen LogP contribution in [0.15, 0.2) is 24.3 Å². The SMILES string of the molecule is CCOCCOc1ccccc1C(=O)NCCC(C)N.Cl. The molecular weight excluding hydrogens is 292 g/mol. The van der Waals surface area contributed by atoms with Crippen LogP contribution in [-0.4, -0.2) is 38.3 Å². The summed E-state index contributed by atoms with van der Waals surface area (Å²) >= 11 is 0. The molecule has 120 valence electrons. The summed E-state index contributed by atoms with van der Waals surface area (Å²) in [6.45, 7) is 6.00. The van der Waals surface area contributed by atoms with Gasteiger partial charge in [-0.3, -0.25) is 4.79 Å². The van der Waals surface area contributed by atoms with E-state index in [9.17, 15) is 4.79 Å². The fourth-order valence-corrected chi connectivity index (χ4v) is 1.64. The first-order valence-electron chi connectivity index (χ1n) is 6.98. The molecule has 1 aromatic carbocycles. The van der Waals surface area contributed by atoms with Gasteiger partial charge in [0.15, 0.2) is 0 Å². The Balaban J connectivity index is 0.00000400. The predicted molar refractivity (Wildman–Crippen MR) is 86.3 cm³/mol.